The van der Waals surface area contributed by atoms with Gasteiger partial charge in [-0.15, -0.1) is 0 Å². The van der Waals surface area contributed by atoms with Gasteiger partial charge in [-0.1, -0.05) is 30.7 Å². The number of aromatic nitrogens is 2. The van der Waals surface area contributed by atoms with Crippen molar-refractivity contribution in [1.82, 2.24) is 15.1 Å². The third-order valence-corrected chi connectivity index (χ3v) is 3.83. The van der Waals surface area contributed by atoms with E-state index in [1.54, 1.807) is 18.2 Å². The van der Waals surface area contributed by atoms with Crippen molar-refractivity contribution < 1.29 is 4.79 Å². The first-order chi connectivity index (χ1) is 11.0. The lowest BCUT2D eigenvalue weighted by Crippen LogP contribution is -2.33. The molecule has 1 aromatic heterocycles. The van der Waals surface area contributed by atoms with Crippen LogP contribution < -0.4 is 10.9 Å². The van der Waals surface area contributed by atoms with Crippen molar-refractivity contribution in [2.45, 2.75) is 39.3 Å². The summed E-state index contributed by atoms with van der Waals surface area (Å²) in [6.45, 7) is 4.21. The Morgan fingerprint density at radius 1 is 1.26 bits per heavy atom. The number of carbonyl (C=O) groups is 1. The van der Waals surface area contributed by atoms with Crippen LogP contribution in [0.3, 0.4) is 0 Å². The number of benzene rings is 1. The summed E-state index contributed by atoms with van der Waals surface area (Å²) in [5, 5.41) is 7.84. The molecule has 2 aromatic rings. The van der Waals surface area contributed by atoms with Crippen LogP contribution in [0.25, 0.3) is 11.3 Å². The molecule has 23 heavy (non-hydrogen) atoms. The molecule has 1 heterocycles. The van der Waals surface area contributed by atoms with Gasteiger partial charge in [0.2, 0.25) is 5.91 Å². The summed E-state index contributed by atoms with van der Waals surface area (Å²) < 4.78 is 1.32. The predicted octanol–water partition coefficient (Wildman–Crippen LogP) is 2.87. The van der Waals surface area contributed by atoms with E-state index in [1.165, 1.54) is 10.7 Å². The van der Waals surface area contributed by atoms with Gasteiger partial charge < -0.3 is 5.32 Å². The van der Waals surface area contributed by atoms with Gasteiger partial charge in [0.25, 0.3) is 5.56 Å². The Balaban J connectivity index is 2.10. The number of rotatable bonds is 6. The highest BCUT2D eigenvalue weighted by Crippen LogP contribution is 2.18. The third kappa shape index (κ3) is 4.93. The lowest BCUT2D eigenvalue weighted by molar-refractivity contribution is -0.122. The number of amides is 1. The molecule has 1 aromatic carbocycles. The van der Waals surface area contributed by atoms with Crippen LogP contribution in [0, 0.1) is 0 Å². The van der Waals surface area contributed by atoms with Crippen molar-refractivity contribution in [2.24, 2.45) is 0 Å². The zero-order valence-corrected chi connectivity index (χ0v) is 14.0. The van der Waals surface area contributed by atoms with Crippen LogP contribution in [-0.2, 0) is 11.3 Å². The molecular weight excluding hydrogens is 314 g/mol. The summed E-state index contributed by atoms with van der Waals surface area (Å²) in [5.41, 5.74) is 1.31. The minimum Gasteiger partial charge on any atom is -0.354 e. The number of halogens is 1. The highest BCUT2D eigenvalue weighted by atomic mass is 35.5. The van der Waals surface area contributed by atoms with E-state index in [-0.39, 0.29) is 30.5 Å². The molecule has 0 spiro atoms. The fourth-order valence-electron chi connectivity index (χ4n) is 2.04. The maximum absolute atomic E-state index is 11.9. The van der Waals surface area contributed by atoms with Crippen LogP contribution in [0.2, 0.25) is 5.02 Å². The number of hydrogen-bond donors (Lipinski definition) is 1. The average Bonchev–Trinajstić information content (AvgIpc) is 2.54. The molecule has 0 saturated carbocycles. The topological polar surface area (TPSA) is 64.0 Å². The highest BCUT2D eigenvalue weighted by molar-refractivity contribution is 6.30. The van der Waals surface area contributed by atoms with E-state index in [1.807, 2.05) is 26.0 Å². The quantitative estimate of drug-likeness (QED) is 0.884. The predicted molar refractivity (Wildman–Crippen MR) is 91.5 cm³/mol. The Bertz CT molecular complexity index is 725. The summed E-state index contributed by atoms with van der Waals surface area (Å²) in [6, 6.07) is 10.5. The second-order valence-corrected chi connectivity index (χ2v) is 5.85. The minimum absolute atomic E-state index is 0.0788. The molecule has 0 bridgehead atoms. The summed E-state index contributed by atoms with van der Waals surface area (Å²) in [5.74, 6) is -0.0788. The van der Waals surface area contributed by atoms with Gasteiger partial charge in [0.1, 0.15) is 0 Å². The highest BCUT2D eigenvalue weighted by Gasteiger charge is 2.08. The van der Waals surface area contributed by atoms with Gasteiger partial charge >= 0.3 is 0 Å². The van der Waals surface area contributed by atoms with E-state index in [0.717, 1.165) is 12.0 Å². The molecule has 0 saturated heterocycles. The van der Waals surface area contributed by atoms with Crippen LogP contribution >= 0.6 is 11.6 Å². The molecule has 0 unspecified atom stereocenters. The smallest absolute Gasteiger partial charge is 0.266 e. The van der Waals surface area contributed by atoms with Crippen molar-refractivity contribution >= 4 is 17.5 Å². The second kappa shape index (κ2) is 7.92. The van der Waals surface area contributed by atoms with Gasteiger partial charge in [0, 0.05) is 29.1 Å². The molecule has 0 aliphatic heterocycles. The zero-order valence-electron chi connectivity index (χ0n) is 13.3. The monoisotopic (exact) mass is 333 g/mol. The molecule has 0 fully saturated rings. The number of hydrogen-bond acceptors (Lipinski definition) is 3. The molecule has 1 amide bonds. The molecule has 122 valence electrons. The number of nitrogens with zero attached hydrogens (tertiary/aromatic N) is 2. The Hall–Kier alpha value is -2.14. The maximum Gasteiger partial charge on any atom is 0.266 e. The third-order valence-electron chi connectivity index (χ3n) is 3.58. The van der Waals surface area contributed by atoms with Crippen LogP contribution in [0.5, 0.6) is 0 Å². The largest absolute Gasteiger partial charge is 0.354 e. The average molecular weight is 334 g/mol. The Kier molecular flexibility index (Phi) is 5.93. The summed E-state index contributed by atoms with van der Waals surface area (Å²) in [6.07, 6.45) is 1.09. The molecule has 1 atom stereocenters. The fourth-order valence-corrected chi connectivity index (χ4v) is 2.17. The number of nitrogens with one attached hydrogen (secondary N) is 1. The molecule has 2 rings (SSSR count). The van der Waals surface area contributed by atoms with Crippen LogP contribution in [-0.4, -0.2) is 21.7 Å². The van der Waals surface area contributed by atoms with E-state index >= 15 is 0 Å². The van der Waals surface area contributed by atoms with Gasteiger partial charge in [-0.05, 0) is 31.5 Å². The van der Waals surface area contributed by atoms with E-state index < -0.39 is 0 Å². The number of aryl methyl sites for hydroxylation is 1. The SMILES string of the molecule is CC[C@H](C)NC(=O)CCn1nc(-c2ccc(Cl)cc2)ccc1=O. The molecule has 1 N–H and O–H groups in total. The second-order valence-electron chi connectivity index (χ2n) is 5.41. The lowest BCUT2D eigenvalue weighted by atomic mass is 10.1. The van der Waals surface area contributed by atoms with Gasteiger partial charge in [-0.2, -0.15) is 5.10 Å². The minimum atomic E-state index is -0.223. The molecule has 6 heteroatoms. The van der Waals surface area contributed by atoms with Crippen LogP contribution in [0.1, 0.15) is 26.7 Å². The standard InChI is InChI=1S/C17H20ClN3O2/c1-3-12(2)19-16(22)10-11-21-17(23)9-8-15(20-21)13-4-6-14(18)7-5-13/h4-9,12H,3,10-11H2,1-2H3,(H,19,22)/t12-/m0/s1. The first-order valence-electron chi connectivity index (χ1n) is 7.63. The lowest BCUT2D eigenvalue weighted by Gasteiger charge is -2.12. The Labute approximate surface area is 140 Å². The fraction of sp³-hybridized carbons (Fsp3) is 0.353. The Morgan fingerprint density at radius 2 is 1.96 bits per heavy atom. The van der Waals surface area contributed by atoms with Crippen LogP contribution in [0.15, 0.2) is 41.2 Å². The summed E-state index contributed by atoms with van der Waals surface area (Å²) in [7, 11) is 0. The van der Waals surface area contributed by atoms with Gasteiger partial charge in [0.15, 0.2) is 0 Å². The van der Waals surface area contributed by atoms with Crippen molar-refractivity contribution in [3.05, 3.63) is 51.8 Å². The van der Waals surface area contributed by atoms with E-state index in [4.69, 9.17) is 11.6 Å². The van der Waals surface area contributed by atoms with E-state index in [2.05, 4.69) is 10.4 Å². The van der Waals surface area contributed by atoms with Crippen molar-refractivity contribution in [2.75, 3.05) is 0 Å². The van der Waals surface area contributed by atoms with Gasteiger partial charge in [-0.25, -0.2) is 4.68 Å². The molecule has 5 nitrogen and oxygen atoms in total. The first-order valence-corrected chi connectivity index (χ1v) is 8.01. The molecule has 0 radical (unpaired) electrons. The Morgan fingerprint density at radius 3 is 2.61 bits per heavy atom. The normalized spacial score (nSPS) is 12.0. The van der Waals surface area contributed by atoms with Crippen molar-refractivity contribution in [3.63, 3.8) is 0 Å². The van der Waals surface area contributed by atoms with Crippen molar-refractivity contribution in [3.8, 4) is 11.3 Å². The van der Waals surface area contributed by atoms with Crippen molar-refractivity contribution in [1.29, 1.82) is 0 Å². The first kappa shape index (κ1) is 17.2. The summed E-state index contributed by atoms with van der Waals surface area (Å²) >= 11 is 5.87. The van der Waals surface area contributed by atoms with Gasteiger partial charge in [-0.3, -0.25) is 9.59 Å². The van der Waals surface area contributed by atoms with E-state index in [9.17, 15) is 9.59 Å². The molecule has 0 aliphatic rings. The zero-order chi connectivity index (χ0) is 16.8. The number of carbonyl (C=O) groups excluding carboxylic acids is 1. The van der Waals surface area contributed by atoms with E-state index in [0.29, 0.717) is 10.7 Å². The molecular formula is C17H20ClN3O2. The van der Waals surface area contributed by atoms with Crippen LogP contribution in [0.4, 0.5) is 0 Å². The molecule has 0 aliphatic carbocycles. The summed E-state index contributed by atoms with van der Waals surface area (Å²) in [4.78, 5) is 23.7. The van der Waals surface area contributed by atoms with Gasteiger partial charge in [0.05, 0.1) is 12.2 Å². The maximum atomic E-state index is 11.9.